The molecule has 2 rings (SSSR count). The molecule has 1 atom stereocenters. The van der Waals surface area contributed by atoms with E-state index in [4.69, 9.17) is 0 Å². The molecule has 2 aromatic heterocycles. The van der Waals surface area contributed by atoms with Crippen LogP contribution in [0.15, 0.2) is 31.9 Å². The van der Waals surface area contributed by atoms with Crippen molar-refractivity contribution < 1.29 is 0 Å². The van der Waals surface area contributed by atoms with Gasteiger partial charge in [0.05, 0.1) is 5.69 Å². The van der Waals surface area contributed by atoms with Crippen LogP contribution in [0.3, 0.4) is 0 Å². The lowest BCUT2D eigenvalue weighted by atomic mass is 10.2. The van der Waals surface area contributed by atoms with Gasteiger partial charge in [0.25, 0.3) is 0 Å². The molecule has 0 aromatic carbocycles. The summed E-state index contributed by atoms with van der Waals surface area (Å²) in [4.78, 5) is 5.62. The molecular formula is C13H18N4S3. The summed E-state index contributed by atoms with van der Waals surface area (Å²) in [6.07, 6.45) is 5.05. The van der Waals surface area contributed by atoms with E-state index in [0.717, 1.165) is 32.2 Å². The molecule has 20 heavy (non-hydrogen) atoms. The highest BCUT2D eigenvalue weighted by atomic mass is 32.2. The van der Waals surface area contributed by atoms with Crippen molar-refractivity contribution in [2.24, 2.45) is 0 Å². The third kappa shape index (κ3) is 4.44. The van der Waals surface area contributed by atoms with Crippen molar-refractivity contribution in [2.45, 2.75) is 39.9 Å². The van der Waals surface area contributed by atoms with Gasteiger partial charge in [-0.15, -0.1) is 10.2 Å². The second-order valence-electron chi connectivity index (χ2n) is 4.23. The lowest BCUT2D eigenvalue weighted by Gasteiger charge is -2.12. The molecule has 0 aliphatic carbocycles. The van der Waals surface area contributed by atoms with Crippen molar-refractivity contribution in [2.75, 3.05) is 12.8 Å². The van der Waals surface area contributed by atoms with Crippen LogP contribution in [0.4, 0.5) is 0 Å². The Morgan fingerprint density at radius 1 is 1.30 bits per heavy atom. The molecule has 108 valence electrons. The molecule has 0 spiro atoms. The van der Waals surface area contributed by atoms with Crippen molar-refractivity contribution in [3.8, 4) is 0 Å². The first kappa shape index (κ1) is 15.8. The molecule has 0 radical (unpaired) electrons. The minimum absolute atomic E-state index is 0.290. The van der Waals surface area contributed by atoms with E-state index in [1.165, 1.54) is 0 Å². The van der Waals surface area contributed by atoms with Gasteiger partial charge in [0.1, 0.15) is 0 Å². The van der Waals surface area contributed by atoms with Crippen LogP contribution in [0.2, 0.25) is 0 Å². The molecule has 0 amide bonds. The van der Waals surface area contributed by atoms with Crippen molar-refractivity contribution in [1.29, 1.82) is 0 Å². The zero-order valence-electron chi connectivity index (χ0n) is 11.8. The van der Waals surface area contributed by atoms with Gasteiger partial charge in [0.15, 0.2) is 8.68 Å². The predicted molar refractivity (Wildman–Crippen MR) is 86.8 cm³/mol. The average Bonchev–Trinajstić information content (AvgIpc) is 2.93. The number of nitrogens with zero attached hydrogens (tertiary/aromatic N) is 3. The second kappa shape index (κ2) is 7.97. The fourth-order valence-corrected chi connectivity index (χ4v) is 3.98. The molecule has 0 saturated heterocycles. The van der Waals surface area contributed by atoms with E-state index in [1.807, 2.05) is 12.5 Å². The molecule has 7 heteroatoms. The van der Waals surface area contributed by atoms with Gasteiger partial charge >= 0.3 is 0 Å². The summed E-state index contributed by atoms with van der Waals surface area (Å²) in [5, 5.41) is 11.7. The Morgan fingerprint density at radius 3 is 2.70 bits per heavy atom. The Bertz CT molecular complexity index is 527. The lowest BCUT2D eigenvalue weighted by molar-refractivity contribution is 0.558. The van der Waals surface area contributed by atoms with Crippen LogP contribution in [-0.2, 0) is 0 Å². The van der Waals surface area contributed by atoms with E-state index in [-0.39, 0.29) is 0 Å². The third-order valence-corrected chi connectivity index (χ3v) is 5.60. The van der Waals surface area contributed by atoms with Gasteiger partial charge in [-0.1, -0.05) is 41.8 Å². The van der Waals surface area contributed by atoms with Gasteiger partial charge in [0.2, 0.25) is 0 Å². The zero-order valence-corrected chi connectivity index (χ0v) is 14.2. The molecular weight excluding hydrogens is 308 g/mol. The molecule has 2 aromatic rings. The summed E-state index contributed by atoms with van der Waals surface area (Å²) in [6.45, 7) is 5.32. The summed E-state index contributed by atoms with van der Waals surface area (Å²) in [5.74, 6) is 0. The Morgan fingerprint density at radius 2 is 2.10 bits per heavy atom. The van der Waals surface area contributed by atoms with E-state index in [1.54, 1.807) is 34.9 Å². The maximum Gasteiger partial charge on any atom is 0.179 e. The van der Waals surface area contributed by atoms with Gasteiger partial charge in [-0.3, -0.25) is 4.98 Å². The molecule has 0 fully saturated rings. The van der Waals surface area contributed by atoms with Crippen LogP contribution in [0.25, 0.3) is 0 Å². The largest absolute Gasteiger partial charge is 0.309 e. The first-order valence-electron chi connectivity index (χ1n) is 6.47. The number of hydrogen-bond donors (Lipinski definition) is 1. The van der Waals surface area contributed by atoms with Crippen LogP contribution in [0.5, 0.6) is 0 Å². The van der Waals surface area contributed by atoms with Crippen molar-refractivity contribution in [3.63, 3.8) is 0 Å². The van der Waals surface area contributed by atoms with Gasteiger partial charge in [-0.25, -0.2) is 0 Å². The van der Waals surface area contributed by atoms with Gasteiger partial charge < -0.3 is 5.32 Å². The highest BCUT2D eigenvalue weighted by Crippen LogP contribution is 2.32. The highest BCUT2D eigenvalue weighted by Gasteiger charge is 2.08. The van der Waals surface area contributed by atoms with Crippen LogP contribution in [-0.4, -0.2) is 28.0 Å². The number of rotatable bonds is 7. The maximum absolute atomic E-state index is 4.52. The molecule has 1 unspecified atom stereocenters. The minimum Gasteiger partial charge on any atom is -0.309 e. The maximum atomic E-state index is 4.52. The fraction of sp³-hybridized carbons (Fsp3) is 0.462. The van der Waals surface area contributed by atoms with Crippen molar-refractivity contribution in [3.05, 3.63) is 24.0 Å². The summed E-state index contributed by atoms with van der Waals surface area (Å²) >= 11 is 4.85. The van der Waals surface area contributed by atoms with Crippen molar-refractivity contribution >= 4 is 34.9 Å². The molecule has 1 N–H and O–H groups in total. The Balaban J connectivity index is 1.97. The smallest absolute Gasteiger partial charge is 0.179 e. The third-order valence-electron chi connectivity index (χ3n) is 2.67. The first-order chi connectivity index (χ1) is 9.72. The number of nitrogens with one attached hydrogen (secondary N) is 1. The number of pyridine rings is 1. The van der Waals surface area contributed by atoms with E-state index >= 15 is 0 Å². The average molecular weight is 327 g/mol. The number of hydrogen-bond acceptors (Lipinski definition) is 7. The SMILES string of the molecule is CCCNC(C)c1ccc(Sc2nnc(SC)s2)cn1. The first-order valence-corrected chi connectivity index (χ1v) is 9.33. The molecule has 0 aliphatic rings. The quantitative estimate of drug-likeness (QED) is 0.780. The normalized spacial score (nSPS) is 12.6. The molecule has 2 heterocycles. The standard InChI is InChI=1S/C13H18N4S3/c1-4-7-14-9(2)11-6-5-10(8-15-11)19-13-17-16-12(18-3)20-13/h5-6,8-9,14H,4,7H2,1-3H3. The molecule has 0 saturated carbocycles. The summed E-state index contributed by atoms with van der Waals surface area (Å²) < 4.78 is 1.95. The number of aromatic nitrogens is 3. The van der Waals surface area contributed by atoms with E-state index in [0.29, 0.717) is 6.04 Å². The summed E-state index contributed by atoms with van der Waals surface area (Å²) in [5.41, 5.74) is 1.07. The summed E-state index contributed by atoms with van der Waals surface area (Å²) in [7, 11) is 0. The molecule has 0 aliphatic heterocycles. The van der Waals surface area contributed by atoms with Crippen LogP contribution >= 0.6 is 34.9 Å². The van der Waals surface area contributed by atoms with E-state index in [9.17, 15) is 0 Å². The monoisotopic (exact) mass is 326 g/mol. The van der Waals surface area contributed by atoms with Crippen LogP contribution in [0.1, 0.15) is 32.0 Å². The Kier molecular flexibility index (Phi) is 6.28. The molecule has 0 bridgehead atoms. The second-order valence-corrected chi connectivity index (χ2v) is 7.59. The van der Waals surface area contributed by atoms with Crippen molar-refractivity contribution in [1.82, 2.24) is 20.5 Å². The summed E-state index contributed by atoms with van der Waals surface area (Å²) in [6, 6.07) is 4.46. The fourth-order valence-electron chi connectivity index (χ4n) is 1.60. The Labute approximate surface area is 132 Å². The minimum atomic E-state index is 0.290. The van der Waals surface area contributed by atoms with Crippen LogP contribution < -0.4 is 5.32 Å². The van der Waals surface area contributed by atoms with Gasteiger partial charge in [-0.2, -0.15) is 0 Å². The van der Waals surface area contributed by atoms with Crippen LogP contribution in [0, 0.1) is 0 Å². The molecule has 4 nitrogen and oxygen atoms in total. The predicted octanol–water partition coefficient (Wildman–Crippen LogP) is 3.87. The van der Waals surface area contributed by atoms with Gasteiger partial charge in [-0.05, 0) is 38.3 Å². The topological polar surface area (TPSA) is 50.7 Å². The van der Waals surface area contributed by atoms with E-state index < -0.39 is 0 Å². The Hall–Kier alpha value is -0.630. The highest BCUT2D eigenvalue weighted by molar-refractivity contribution is 8.03. The number of thioether (sulfide) groups is 1. The van der Waals surface area contributed by atoms with Gasteiger partial charge in [0, 0.05) is 17.1 Å². The zero-order chi connectivity index (χ0) is 14.4. The lowest BCUT2D eigenvalue weighted by Crippen LogP contribution is -2.20. The van der Waals surface area contributed by atoms with E-state index in [2.05, 4.69) is 46.5 Å².